The lowest BCUT2D eigenvalue weighted by Crippen LogP contribution is -2.48. The standard InChI is InChI=1S/C21H28N2O3/c1-16(20-9-4-17(2)26-20)10-11-22-12-14-23(15-13-22)21(24)18-5-7-19(25-3)8-6-18/h4-9,16H,10-15H2,1-3H3. The number of hydrogen-bond acceptors (Lipinski definition) is 4. The van der Waals surface area contributed by atoms with Gasteiger partial charge in [-0.2, -0.15) is 0 Å². The van der Waals surface area contributed by atoms with Gasteiger partial charge in [0.15, 0.2) is 0 Å². The molecule has 3 rings (SSSR count). The molecule has 0 saturated carbocycles. The van der Waals surface area contributed by atoms with Crippen LogP contribution >= 0.6 is 0 Å². The summed E-state index contributed by atoms with van der Waals surface area (Å²) in [5.41, 5.74) is 0.723. The number of rotatable bonds is 6. The fraction of sp³-hybridized carbons (Fsp3) is 0.476. The van der Waals surface area contributed by atoms with Crippen LogP contribution in [0, 0.1) is 6.92 Å². The summed E-state index contributed by atoms with van der Waals surface area (Å²) in [5.74, 6) is 3.33. The molecule has 0 N–H and O–H groups in total. The van der Waals surface area contributed by atoms with Gasteiger partial charge in [0.05, 0.1) is 7.11 Å². The summed E-state index contributed by atoms with van der Waals surface area (Å²) in [5, 5.41) is 0. The zero-order valence-corrected chi connectivity index (χ0v) is 15.9. The number of furan rings is 1. The first kappa shape index (κ1) is 18.5. The summed E-state index contributed by atoms with van der Waals surface area (Å²) in [7, 11) is 1.63. The summed E-state index contributed by atoms with van der Waals surface area (Å²) in [4.78, 5) is 17.0. The van der Waals surface area contributed by atoms with Crippen LogP contribution in [0.15, 0.2) is 40.8 Å². The average Bonchev–Trinajstić information content (AvgIpc) is 3.12. The Kier molecular flexibility index (Phi) is 5.99. The second-order valence-corrected chi connectivity index (χ2v) is 7.00. The van der Waals surface area contributed by atoms with Gasteiger partial charge in [0.25, 0.3) is 5.91 Å². The molecular formula is C21H28N2O3. The lowest BCUT2D eigenvalue weighted by molar-refractivity contribution is 0.0633. The normalized spacial score (nSPS) is 16.5. The van der Waals surface area contributed by atoms with E-state index >= 15 is 0 Å². The van der Waals surface area contributed by atoms with Crippen molar-refractivity contribution < 1.29 is 13.9 Å². The molecule has 1 saturated heterocycles. The Morgan fingerprint density at radius 1 is 1.12 bits per heavy atom. The third kappa shape index (κ3) is 4.47. The van der Waals surface area contributed by atoms with Gasteiger partial charge in [-0.25, -0.2) is 0 Å². The Hall–Kier alpha value is -2.27. The van der Waals surface area contributed by atoms with Gasteiger partial charge in [0.1, 0.15) is 17.3 Å². The Balaban J connectivity index is 1.45. The van der Waals surface area contributed by atoms with Crippen LogP contribution in [0.25, 0.3) is 0 Å². The van der Waals surface area contributed by atoms with Crippen LogP contribution in [0.2, 0.25) is 0 Å². The maximum Gasteiger partial charge on any atom is 0.253 e. The van der Waals surface area contributed by atoms with E-state index in [1.807, 2.05) is 42.2 Å². The molecule has 1 aromatic heterocycles. The van der Waals surface area contributed by atoms with Gasteiger partial charge in [-0.1, -0.05) is 6.92 Å². The second kappa shape index (κ2) is 8.41. The first-order valence-corrected chi connectivity index (χ1v) is 9.29. The van der Waals surface area contributed by atoms with Crippen molar-refractivity contribution in [2.75, 3.05) is 39.8 Å². The van der Waals surface area contributed by atoms with Crippen LogP contribution in [0.4, 0.5) is 0 Å². The monoisotopic (exact) mass is 356 g/mol. The van der Waals surface area contributed by atoms with E-state index in [0.29, 0.717) is 5.92 Å². The van der Waals surface area contributed by atoms with E-state index in [1.54, 1.807) is 7.11 Å². The molecule has 1 aliphatic heterocycles. The van der Waals surface area contributed by atoms with Gasteiger partial charge in [0, 0.05) is 37.7 Å². The van der Waals surface area contributed by atoms with E-state index in [9.17, 15) is 4.79 Å². The number of hydrogen-bond donors (Lipinski definition) is 0. The highest BCUT2D eigenvalue weighted by Crippen LogP contribution is 2.22. The minimum Gasteiger partial charge on any atom is -0.497 e. The van der Waals surface area contributed by atoms with Crippen molar-refractivity contribution in [2.45, 2.75) is 26.2 Å². The Morgan fingerprint density at radius 2 is 1.81 bits per heavy atom. The van der Waals surface area contributed by atoms with E-state index in [4.69, 9.17) is 9.15 Å². The predicted octanol–water partition coefficient (Wildman–Crippen LogP) is 3.55. The van der Waals surface area contributed by atoms with E-state index < -0.39 is 0 Å². The van der Waals surface area contributed by atoms with E-state index in [1.165, 1.54) is 0 Å². The summed E-state index contributed by atoms with van der Waals surface area (Å²) in [6.45, 7) is 8.62. The lowest BCUT2D eigenvalue weighted by atomic mass is 10.0. The van der Waals surface area contributed by atoms with Crippen LogP contribution in [0.5, 0.6) is 5.75 Å². The van der Waals surface area contributed by atoms with Crippen molar-refractivity contribution in [3.63, 3.8) is 0 Å². The molecular weight excluding hydrogens is 328 g/mol. The molecule has 5 heteroatoms. The third-order valence-corrected chi connectivity index (χ3v) is 5.12. The zero-order chi connectivity index (χ0) is 18.5. The van der Waals surface area contributed by atoms with E-state index in [2.05, 4.69) is 17.9 Å². The molecule has 0 aliphatic carbocycles. The molecule has 1 unspecified atom stereocenters. The van der Waals surface area contributed by atoms with Gasteiger partial charge in [-0.15, -0.1) is 0 Å². The quantitative estimate of drug-likeness (QED) is 0.794. The molecule has 0 radical (unpaired) electrons. The van der Waals surface area contributed by atoms with Gasteiger partial charge >= 0.3 is 0 Å². The van der Waals surface area contributed by atoms with Crippen LogP contribution in [-0.2, 0) is 0 Å². The highest BCUT2D eigenvalue weighted by Gasteiger charge is 2.22. The molecule has 1 amide bonds. The van der Waals surface area contributed by atoms with Crippen molar-refractivity contribution in [1.29, 1.82) is 0 Å². The molecule has 26 heavy (non-hydrogen) atoms. The van der Waals surface area contributed by atoms with Crippen LogP contribution in [0.1, 0.15) is 41.1 Å². The number of methoxy groups -OCH3 is 1. The smallest absolute Gasteiger partial charge is 0.253 e. The fourth-order valence-electron chi connectivity index (χ4n) is 3.33. The predicted molar refractivity (Wildman–Crippen MR) is 102 cm³/mol. The fourth-order valence-corrected chi connectivity index (χ4v) is 3.33. The molecule has 1 aromatic carbocycles. The molecule has 0 spiro atoms. The Labute approximate surface area is 155 Å². The van der Waals surface area contributed by atoms with Crippen LogP contribution in [0.3, 0.4) is 0 Å². The van der Waals surface area contributed by atoms with E-state index in [0.717, 1.165) is 62.0 Å². The summed E-state index contributed by atoms with van der Waals surface area (Å²) in [6, 6.07) is 11.4. The van der Waals surface area contributed by atoms with Crippen LogP contribution in [-0.4, -0.2) is 55.5 Å². The number of ether oxygens (including phenoxy) is 1. The minimum absolute atomic E-state index is 0.103. The number of amides is 1. The highest BCUT2D eigenvalue weighted by molar-refractivity contribution is 5.94. The Bertz CT molecular complexity index is 715. The maximum absolute atomic E-state index is 12.6. The van der Waals surface area contributed by atoms with Gasteiger partial charge in [-0.05, 0) is 56.3 Å². The largest absolute Gasteiger partial charge is 0.497 e. The van der Waals surface area contributed by atoms with Crippen molar-refractivity contribution in [1.82, 2.24) is 9.80 Å². The number of carbonyl (C=O) groups is 1. The van der Waals surface area contributed by atoms with Gasteiger partial charge in [-0.3, -0.25) is 9.69 Å². The SMILES string of the molecule is COc1ccc(C(=O)N2CCN(CCC(C)c3ccc(C)o3)CC2)cc1. The molecule has 5 nitrogen and oxygen atoms in total. The molecule has 0 bridgehead atoms. The van der Waals surface area contributed by atoms with Crippen molar-refractivity contribution in [3.8, 4) is 5.75 Å². The molecule has 2 aromatic rings. The topological polar surface area (TPSA) is 45.9 Å². The zero-order valence-electron chi connectivity index (χ0n) is 15.9. The average molecular weight is 356 g/mol. The number of piperazine rings is 1. The number of carbonyl (C=O) groups excluding carboxylic acids is 1. The van der Waals surface area contributed by atoms with E-state index in [-0.39, 0.29) is 5.91 Å². The highest BCUT2D eigenvalue weighted by atomic mass is 16.5. The number of benzene rings is 1. The first-order valence-electron chi connectivity index (χ1n) is 9.29. The van der Waals surface area contributed by atoms with Crippen molar-refractivity contribution in [3.05, 3.63) is 53.5 Å². The second-order valence-electron chi connectivity index (χ2n) is 7.00. The first-order chi connectivity index (χ1) is 12.6. The molecule has 1 aliphatic rings. The van der Waals surface area contributed by atoms with Gasteiger partial charge < -0.3 is 14.1 Å². The maximum atomic E-state index is 12.6. The number of nitrogens with zero attached hydrogens (tertiary/aromatic N) is 2. The summed E-state index contributed by atoms with van der Waals surface area (Å²) >= 11 is 0. The minimum atomic E-state index is 0.103. The van der Waals surface area contributed by atoms with Gasteiger partial charge in [0.2, 0.25) is 0 Å². The number of aryl methyl sites for hydroxylation is 1. The Morgan fingerprint density at radius 3 is 2.38 bits per heavy atom. The molecule has 2 heterocycles. The lowest BCUT2D eigenvalue weighted by Gasteiger charge is -2.35. The van der Waals surface area contributed by atoms with Crippen molar-refractivity contribution >= 4 is 5.91 Å². The summed E-state index contributed by atoms with van der Waals surface area (Å²) < 4.78 is 10.9. The van der Waals surface area contributed by atoms with Crippen molar-refractivity contribution in [2.24, 2.45) is 0 Å². The molecule has 140 valence electrons. The summed E-state index contributed by atoms with van der Waals surface area (Å²) in [6.07, 6.45) is 1.07. The molecule has 1 fully saturated rings. The third-order valence-electron chi connectivity index (χ3n) is 5.12. The molecule has 1 atom stereocenters. The van der Waals surface area contributed by atoms with Crippen LogP contribution < -0.4 is 4.74 Å².